The summed E-state index contributed by atoms with van der Waals surface area (Å²) in [6.07, 6.45) is 1.73. The van der Waals surface area contributed by atoms with Gasteiger partial charge in [-0.3, -0.25) is 4.79 Å². The first-order valence-corrected chi connectivity index (χ1v) is 11.1. The second-order valence-corrected chi connectivity index (χ2v) is 8.37. The Labute approximate surface area is 163 Å². The lowest BCUT2D eigenvalue weighted by atomic mass is 10.2. The van der Waals surface area contributed by atoms with Gasteiger partial charge in [-0.15, -0.1) is 0 Å². The number of benzene rings is 1. The quantitative estimate of drug-likeness (QED) is 0.529. The lowest BCUT2D eigenvalue weighted by Gasteiger charge is -2.19. The van der Waals surface area contributed by atoms with Crippen molar-refractivity contribution < 1.29 is 17.9 Å². The zero-order chi connectivity index (χ0) is 20.3. The number of nitrogens with zero attached hydrogens (tertiary/aromatic N) is 1. The number of carbonyl (C=O) groups excluding carboxylic acids is 1. The molecular formula is C19H33N3O4S. The monoisotopic (exact) mass is 399 g/mol. The van der Waals surface area contributed by atoms with Crippen LogP contribution < -0.4 is 14.8 Å². The third-order valence-electron chi connectivity index (χ3n) is 4.37. The molecule has 0 saturated carbocycles. The zero-order valence-electron chi connectivity index (χ0n) is 16.8. The minimum Gasteiger partial charge on any atom is -0.497 e. The van der Waals surface area contributed by atoms with E-state index in [1.165, 1.54) is 7.11 Å². The molecule has 0 aromatic heterocycles. The highest BCUT2D eigenvalue weighted by Crippen LogP contribution is 2.12. The molecule has 0 bridgehead atoms. The average molecular weight is 400 g/mol. The van der Waals surface area contributed by atoms with Crippen LogP contribution in [0.1, 0.15) is 44.0 Å². The molecule has 1 rings (SSSR count). The van der Waals surface area contributed by atoms with Crippen LogP contribution in [-0.2, 0) is 10.0 Å². The first kappa shape index (κ1) is 23.4. The van der Waals surface area contributed by atoms with Crippen molar-refractivity contribution in [3.63, 3.8) is 0 Å². The van der Waals surface area contributed by atoms with Gasteiger partial charge in [0.1, 0.15) is 5.75 Å². The van der Waals surface area contributed by atoms with Gasteiger partial charge in [0.05, 0.1) is 12.9 Å². The summed E-state index contributed by atoms with van der Waals surface area (Å²) in [5.41, 5.74) is 0.435. The second-order valence-electron chi connectivity index (χ2n) is 6.49. The van der Waals surface area contributed by atoms with Crippen molar-refractivity contribution in [2.24, 2.45) is 0 Å². The van der Waals surface area contributed by atoms with E-state index in [-0.39, 0.29) is 24.2 Å². The van der Waals surface area contributed by atoms with Crippen molar-refractivity contribution in [2.75, 3.05) is 39.0 Å². The molecule has 0 fully saturated rings. The Morgan fingerprint density at radius 3 is 2.59 bits per heavy atom. The smallest absolute Gasteiger partial charge is 0.251 e. The fourth-order valence-corrected chi connectivity index (χ4v) is 3.97. The van der Waals surface area contributed by atoms with E-state index < -0.39 is 10.0 Å². The summed E-state index contributed by atoms with van der Waals surface area (Å²) in [5.74, 6) is 0.107. The fraction of sp³-hybridized carbons (Fsp3) is 0.632. The predicted molar refractivity (Wildman–Crippen MR) is 109 cm³/mol. The summed E-state index contributed by atoms with van der Waals surface area (Å²) in [6.45, 7) is 9.14. The van der Waals surface area contributed by atoms with E-state index >= 15 is 0 Å². The Bertz CT molecular complexity index is 675. The molecule has 154 valence electrons. The Balaban J connectivity index is 2.36. The van der Waals surface area contributed by atoms with Crippen LogP contribution >= 0.6 is 0 Å². The summed E-state index contributed by atoms with van der Waals surface area (Å²) >= 11 is 0. The predicted octanol–water partition coefficient (Wildman–Crippen LogP) is 1.85. The van der Waals surface area contributed by atoms with Crippen LogP contribution in [-0.4, -0.2) is 64.3 Å². The summed E-state index contributed by atoms with van der Waals surface area (Å²) in [6, 6.07) is 6.60. The molecule has 0 unspecified atom stereocenters. The molecule has 1 amide bonds. The van der Waals surface area contributed by atoms with E-state index in [9.17, 15) is 13.2 Å². The number of hydrogen-bond donors (Lipinski definition) is 2. The Kier molecular flexibility index (Phi) is 10.4. The van der Waals surface area contributed by atoms with E-state index in [4.69, 9.17) is 4.74 Å². The van der Waals surface area contributed by atoms with Gasteiger partial charge in [0.25, 0.3) is 5.91 Å². The van der Waals surface area contributed by atoms with Gasteiger partial charge in [0.2, 0.25) is 10.0 Å². The number of methoxy groups -OCH3 is 1. The molecule has 8 heteroatoms. The number of ether oxygens (including phenoxy) is 1. The van der Waals surface area contributed by atoms with Crippen molar-refractivity contribution in [3.8, 4) is 5.75 Å². The number of nitrogens with one attached hydrogen (secondary N) is 2. The van der Waals surface area contributed by atoms with Crippen LogP contribution in [0.4, 0.5) is 0 Å². The van der Waals surface area contributed by atoms with Gasteiger partial charge in [0, 0.05) is 18.2 Å². The molecule has 1 aromatic carbocycles. The van der Waals surface area contributed by atoms with Crippen LogP contribution in [0.3, 0.4) is 0 Å². The molecule has 7 nitrogen and oxygen atoms in total. The van der Waals surface area contributed by atoms with E-state index in [1.54, 1.807) is 24.3 Å². The first-order valence-electron chi connectivity index (χ1n) is 9.45. The molecule has 0 aliphatic rings. The van der Waals surface area contributed by atoms with Crippen LogP contribution in [0.25, 0.3) is 0 Å². The molecule has 27 heavy (non-hydrogen) atoms. The van der Waals surface area contributed by atoms with Gasteiger partial charge in [-0.25, -0.2) is 13.1 Å². The van der Waals surface area contributed by atoms with Crippen molar-refractivity contribution >= 4 is 15.9 Å². The Morgan fingerprint density at radius 2 is 1.96 bits per heavy atom. The average Bonchev–Trinajstić information content (AvgIpc) is 2.64. The number of sulfonamides is 1. The second kappa shape index (κ2) is 11.9. The van der Waals surface area contributed by atoms with Gasteiger partial charge in [-0.1, -0.05) is 19.9 Å². The SMILES string of the molecule is CCN(CC)CCC[C@H](C)NS(=O)(=O)CCNC(=O)c1cccc(OC)c1. The number of carbonyl (C=O) groups is 1. The maximum Gasteiger partial charge on any atom is 0.251 e. The molecule has 2 N–H and O–H groups in total. The molecule has 0 aliphatic carbocycles. The zero-order valence-corrected chi connectivity index (χ0v) is 17.6. The van der Waals surface area contributed by atoms with Crippen molar-refractivity contribution in [1.82, 2.24) is 14.9 Å². The molecule has 1 aromatic rings. The van der Waals surface area contributed by atoms with Gasteiger partial charge in [0.15, 0.2) is 0 Å². The maximum atomic E-state index is 12.2. The summed E-state index contributed by atoms with van der Waals surface area (Å²) in [7, 11) is -1.91. The van der Waals surface area contributed by atoms with Crippen molar-refractivity contribution in [1.29, 1.82) is 0 Å². The van der Waals surface area contributed by atoms with Crippen LogP contribution in [0.15, 0.2) is 24.3 Å². The number of rotatable bonds is 13. The lowest BCUT2D eigenvalue weighted by molar-refractivity contribution is 0.0955. The molecule has 0 spiro atoms. The maximum absolute atomic E-state index is 12.2. The molecule has 0 radical (unpaired) electrons. The standard InChI is InChI=1S/C19H33N3O4S/c1-5-22(6-2)13-8-9-16(3)21-27(24,25)14-12-20-19(23)17-10-7-11-18(15-17)26-4/h7,10-11,15-16,21H,5-6,8-9,12-14H2,1-4H3,(H,20,23)/t16-/m0/s1. The fourth-order valence-electron chi connectivity index (χ4n) is 2.75. The van der Waals surface area contributed by atoms with Crippen molar-refractivity contribution in [2.45, 2.75) is 39.7 Å². The highest BCUT2D eigenvalue weighted by atomic mass is 32.2. The first-order chi connectivity index (χ1) is 12.8. The molecule has 0 saturated heterocycles. The van der Waals surface area contributed by atoms with E-state index in [0.29, 0.717) is 11.3 Å². The summed E-state index contributed by atoms with van der Waals surface area (Å²) in [5, 5.41) is 2.63. The van der Waals surface area contributed by atoms with Gasteiger partial charge in [-0.05, 0) is 57.6 Å². The molecule has 0 heterocycles. The third-order valence-corrected chi connectivity index (χ3v) is 5.88. The minimum absolute atomic E-state index is 0.0531. The van der Waals surface area contributed by atoms with E-state index in [0.717, 1.165) is 32.5 Å². The van der Waals surface area contributed by atoms with Crippen LogP contribution in [0.2, 0.25) is 0 Å². The highest BCUT2D eigenvalue weighted by Gasteiger charge is 2.15. The molecule has 0 aliphatic heterocycles. The van der Waals surface area contributed by atoms with Gasteiger partial charge < -0.3 is 15.0 Å². The lowest BCUT2D eigenvalue weighted by Crippen LogP contribution is -2.38. The summed E-state index contributed by atoms with van der Waals surface area (Å²) in [4.78, 5) is 14.4. The molecule has 1 atom stereocenters. The van der Waals surface area contributed by atoms with Gasteiger partial charge in [-0.2, -0.15) is 0 Å². The van der Waals surface area contributed by atoms with E-state index in [1.807, 2.05) is 6.92 Å². The van der Waals surface area contributed by atoms with E-state index in [2.05, 4.69) is 28.8 Å². The number of hydrogen-bond acceptors (Lipinski definition) is 5. The van der Waals surface area contributed by atoms with Crippen molar-refractivity contribution in [3.05, 3.63) is 29.8 Å². The molecular weight excluding hydrogens is 366 g/mol. The highest BCUT2D eigenvalue weighted by molar-refractivity contribution is 7.89. The Morgan fingerprint density at radius 1 is 1.26 bits per heavy atom. The van der Waals surface area contributed by atoms with Crippen LogP contribution in [0.5, 0.6) is 5.75 Å². The van der Waals surface area contributed by atoms with Gasteiger partial charge >= 0.3 is 0 Å². The third kappa shape index (κ3) is 9.21. The topological polar surface area (TPSA) is 87.7 Å². The normalized spacial score (nSPS) is 12.8. The summed E-state index contributed by atoms with van der Waals surface area (Å²) < 4.78 is 32.1. The number of amides is 1. The minimum atomic E-state index is -3.44. The van der Waals surface area contributed by atoms with Crippen LogP contribution in [0, 0.1) is 0 Å². The Hall–Kier alpha value is -1.64. The largest absolute Gasteiger partial charge is 0.497 e.